The molecule has 0 aliphatic carbocycles. The predicted molar refractivity (Wildman–Crippen MR) is 73.8 cm³/mol. The van der Waals surface area contributed by atoms with Crippen molar-refractivity contribution in [1.29, 1.82) is 0 Å². The number of benzene rings is 2. The van der Waals surface area contributed by atoms with Gasteiger partial charge in [-0.25, -0.2) is 4.79 Å². The van der Waals surface area contributed by atoms with Crippen molar-refractivity contribution >= 4 is 5.97 Å². The van der Waals surface area contributed by atoms with E-state index in [2.05, 4.69) is 10.2 Å². The van der Waals surface area contributed by atoms with Crippen molar-refractivity contribution in [3.05, 3.63) is 66.4 Å². The molecule has 3 aromatic rings. The van der Waals surface area contributed by atoms with E-state index in [-0.39, 0.29) is 5.69 Å². The molecule has 0 saturated carbocycles. The number of hydrogen-bond acceptors (Lipinski definition) is 3. The summed E-state index contributed by atoms with van der Waals surface area (Å²) in [4.78, 5) is 12.7. The van der Waals surface area contributed by atoms with Gasteiger partial charge in [0.25, 0.3) is 0 Å². The van der Waals surface area contributed by atoms with Crippen LogP contribution in [0.4, 0.5) is 0 Å². The minimum Gasteiger partial charge on any atom is -0.476 e. The lowest BCUT2D eigenvalue weighted by molar-refractivity contribution is 0.0691. The van der Waals surface area contributed by atoms with Crippen molar-refractivity contribution in [2.45, 2.75) is 0 Å². The van der Waals surface area contributed by atoms with Crippen LogP contribution in [0.15, 0.2) is 60.7 Å². The summed E-state index contributed by atoms with van der Waals surface area (Å²) in [5.41, 5.74) is 1.76. The Morgan fingerprint density at radius 1 is 0.900 bits per heavy atom. The Labute approximate surface area is 115 Å². The van der Waals surface area contributed by atoms with Gasteiger partial charge in [0.15, 0.2) is 5.69 Å². The van der Waals surface area contributed by atoms with Crippen molar-refractivity contribution in [1.82, 2.24) is 15.0 Å². The van der Waals surface area contributed by atoms with E-state index in [0.29, 0.717) is 5.69 Å². The summed E-state index contributed by atoms with van der Waals surface area (Å²) in [6.45, 7) is 0. The SMILES string of the molecule is O=C(O)c1nn(-c2ccccc2)nc1-c1ccccc1. The number of aromatic carboxylic acids is 1. The number of carboxylic acids is 1. The maximum Gasteiger partial charge on any atom is 0.358 e. The summed E-state index contributed by atoms with van der Waals surface area (Å²) >= 11 is 0. The molecule has 0 aliphatic rings. The summed E-state index contributed by atoms with van der Waals surface area (Å²) in [7, 11) is 0. The highest BCUT2D eigenvalue weighted by Gasteiger charge is 2.19. The zero-order valence-electron chi connectivity index (χ0n) is 10.5. The molecule has 0 unspecified atom stereocenters. The lowest BCUT2D eigenvalue weighted by Gasteiger charge is -1.97. The Hall–Kier alpha value is -2.95. The average molecular weight is 265 g/mol. The van der Waals surface area contributed by atoms with Crippen LogP contribution in [0.5, 0.6) is 0 Å². The highest BCUT2D eigenvalue weighted by molar-refractivity contribution is 5.92. The fourth-order valence-corrected chi connectivity index (χ4v) is 1.92. The molecule has 0 atom stereocenters. The summed E-state index contributed by atoms with van der Waals surface area (Å²) in [6, 6.07) is 18.4. The maximum absolute atomic E-state index is 11.3. The molecule has 0 bridgehead atoms. The largest absolute Gasteiger partial charge is 0.476 e. The van der Waals surface area contributed by atoms with Gasteiger partial charge in [-0.2, -0.15) is 4.80 Å². The highest BCUT2D eigenvalue weighted by atomic mass is 16.4. The summed E-state index contributed by atoms with van der Waals surface area (Å²) in [5, 5.41) is 17.6. The first kappa shape index (κ1) is 12.1. The second-order valence-corrected chi connectivity index (χ2v) is 4.19. The summed E-state index contributed by atoms with van der Waals surface area (Å²) < 4.78 is 0. The summed E-state index contributed by atoms with van der Waals surface area (Å²) in [6.07, 6.45) is 0. The van der Waals surface area contributed by atoms with Gasteiger partial charge in [0, 0.05) is 5.56 Å². The number of carbonyl (C=O) groups is 1. The molecule has 0 radical (unpaired) electrons. The van der Waals surface area contributed by atoms with Gasteiger partial charge in [0.2, 0.25) is 0 Å². The van der Waals surface area contributed by atoms with Crippen LogP contribution in [0.2, 0.25) is 0 Å². The van der Waals surface area contributed by atoms with E-state index in [4.69, 9.17) is 0 Å². The van der Waals surface area contributed by atoms with E-state index >= 15 is 0 Å². The molecule has 0 fully saturated rings. The third-order valence-corrected chi connectivity index (χ3v) is 2.85. The standard InChI is InChI=1S/C15H11N3O2/c19-15(20)14-13(11-7-3-1-4-8-11)16-18(17-14)12-9-5-2-6-10-12/h1-10H,(H,19,20). The third kappa shape index (κ3) is 2.16. The second-order valence-electron chi connectivity index (χ2n) is 4.19. The molecule has 0 aliphatic heterocycles. The molecule has 3 rings (SSSR count). The fraction of sp³-hybridized carbons (Fsp3) is 0. The van der Waals surface area contributed by atoms with E-state index in [1.165, 1.54) is 4.80 Å². The molecular weight excluding hydrogens is 254 g/mol. The van der Waals surface area contributed by atoms with Gasteiger partial charge in [-0.05, 0) is 12.1 Å². The van der Waals surface area contributed by atoms with Crippen LogP contribution in [0.1, 0.15) is 10.5 Å². The van der Waals surface area contributed by atoms with E-state index in [0.717, 1.165) is 11.3 Å². The molecule has 0 spiro atoms. The van der Waals surface area contributed by atoms with Gasteiger partial charge in [0.05, 0.1) is 5.69 Å². The van der Waals surface area contributed by atoms with E-state index in [1.807, 2.05) is 60.7 Å². The zero-order chi connectivity index (χ0) is 13.9. The smallest absolute Gasteiger partial charge is 0.358 e. The highest BCUT2D eigenvalue weighted by Crippen LogP contribution is 2.21. The van der Waals surface area contributed by atoms with Crippen LogP contribution < -0.4 is 0 Å². The molecule has 2 aromatic carbocycles. The quantitative estimate of drug-likeness (QED) is 0.790. The Bertz CT molecular complexity index is 736. The number of aromatic nitrogens is 3. The lowest BCUT2D eigenvalue weighted by Crippen LogP contribution is -2.02. The number of nitrogens with zero attached hydrogens (tertiary/aromatic N) is 3. The fourth-order valence-electron chi connectivity index (χ4n) is 1.92. The molecule has 0 saturated heterocycles. The molecule has 1 N–H and O–H groups in total. The van der Waals surface area contributed by atoms with Crippen molar-refractivity contribution in [3.8, 4) is 16.9 Å². The van der Waals surface area contributed by atoms with Gasteiger partial charge >= 0.3 is 5.97 Å². The Balaban J connectivity index is 2.15. The zero-order valence-corrected chi connectivity index (χ0v) is 10.5. The van der Waals surface area contributed by atoms with Crippen molar-refractivity contribution < 1.29 is 9.90 Å². The number of carboxylic acid groups (broad SMARTS) is 1. The third-order valence-electron chi connectivity index (χ3n) is 2.85. The lowest BCUT2D eigenvalue weighted by atomic mass is 10.1. The van der Waals surface area contributed by atoms with Gasteiger partial charge in [0.1, 0.15) is 5.69 Å². The Morgan fingerprint density at radius 3 is 2.10 bits per heavy atom. The van der Waals surface area contributed by atoms with Crippen molar-refractivity contribution in [2.75, 3.05) is 0 Å². The van der Waals surface area contributed by atoms with Crippen molar-refractivity contribution in [3.63, 3.8) is 0 Å². The number of hydrogen-bond donors (Lipinski definition) is 1. The van der Waals surface area contributed by atoms with Crippen molar-refractivity contribution in [2.24, 2.45) is 0 Å². The van der Waals surface area contributed by atoms with Gasteiger partial charge < -0.3 is 5.11 Å². The van der Waals surface area contributed by atoms with E-state index < -0.39 is 5.97 Å². The maximum atomic E-state index is 11.3. The monoisotopic (exact) mass is 265 g/mol. The average Bonchev–Trinajstić information content (AvgIpc) is 2.94. The van der Waals surface area contributed by atoms with Crippen LogP contribution in [0.25, 0.3) is 16.9 Å². The van der Waals surface area contributed by atoms with Crippen LogP contribution in [-0.4, -0.2) is 26.1 Å². The molecule has 0 amide bonds. The van der Waals surface area contributed by atoms with Crippen LogP contribution in [0.3, 0.4) is 0 Å². The first-order chi connectivity index (χ1) is 9.75. The number of para-hydroxylation sites is 1. The van der Waals surface area contributed by atoms with Gasteiger partial charge in [-0.15, -0.1) is 10.2 Å². The molecule has 5 heteroatoms. The first-order valence-electron chi connectivity index (χ1n) is 6.07. The first-order valence-corrected chi connectivity index (χ1v) is 6.07. The topological polar surface area (TPSA) is 68.0 Å². The Kier molecular flexibility index (Phi) is 3.01. The van der Waals surface area contributed by atoms with Crippen LogP contribution >= 0.6 is 0 Å². The van der Waals surface area contributed by atoms with Gasteiger partial charge in [-0.1, -0.05) is 48.5 Å². The Morgan fingerprint density at radius 2 is 1.50 bits per heavy atom. The minimum atomic E-state index is -1.09. The number of rotatable bonds is 3. The molecule has 20 heavy (non-hydrogen) atoms. The molecule has 1 aromatic heterocycles. The molecule has 5 nitrogen and oxygen atoms in total. The van der Waals surface area contributed by atoms with E-state index in [9.17, 15) is 9.90 Å². The van der Waals surface area contributed by atoms with Gasteiger partial charge in [-0.3, -0.25) is 0 Å². The summed E-state index contributed by atoms with van der Waals surface area (Å²) in [5.74, 6) is -1.09. The molecular formula is C15H11N3O2. The minimum absolute atomic E-state index is 0.0555. The normalized spacial score (nSPS) is 10.4. The molecule has 98 valence electrons. The van der Waals surface area contributed by atoms with Crippen LogP contribution in [0, 0.1) is 0 Å². The van der Waals surface area contributed by atoms with E-state index in [1.54, 1.807) is 0 Å². The van der Waals surface area contributed by atoms with Crippen LogP contribution in [-0.2, 0) is 0 Å². The predicted octanol–water partition coefficient (Wildman–Crippen LogP) is 2.63. The second kappa shape index (κ2) is 4.97. The molecule has 1 heterocycles.